The average Bonchev–Trinajstić information content (AvgIpc) is 2.50. The highest BCUT2D eigenvalue weighted by Crippen LogP contribution is 2.11. The van der Waals surface area contributed by atoms with Crippen molar-refractivity contribution in [2.24, 2.45) is 10.9 Å². The van der Waals surface area contributed by atoms with Crippen LogP contribution in [0.25, 0.3) is 0 Å². The van der Waals surface area contributed by atoms with E-state index >= 15 is 0 Å². The van der Waals surface area contributed by atoms with Gasteiger partial charge in [-0.25, -0.2) is 0 Å². The van der Waals surface area contributed by atoms with E-state index in [9.17, 15) is 0 Å². The van der Waals surface area contributed by atoms with Gasteiger partial charge in [-0.05, 0) is 19.4 Å². The third-order valence-electron chi connectivity index (χ3n) is 4.16. The minimum Gasteiger partial charge on any atom is -0.374 e. The van der Waals surface area contributed by atoms with Crippen molar-refractivity contribution in [2.75, 3.05) is 46.9 Å². The monoisotopic (exact) mass is 298 g/mol. The van der Waals surface area contributed by atoms with Crippen LogP contribution >= 0.6 is 0 Å². The number of nitrogens with zero attached hydrogens (tertiary/aromatic N) is 2. The van der Waals surface area contributed by atoms with Crippen LogP contribution in [-0.4, -0.2) is 63.8 Å². The molecule has 1 aliphatic heterocycles. The zero-order valence-corrected chi connectivity index (χ0v) is 14.3. The summed E-state index contributed by atoms with van der Waals surface area (Å²) < 4.78 is 5.76. The maximum atomic E-state index is 5.76. The fraction of sp³-hybridized carbons (Fsp3) is 0.938. The smallest absolute Gasteiger partial charge is 0.191 e. The third-order valence-corrected chi connectivity index (χ3v) is 4.16. The molecule has 0 radical (unpaired) electrons. The van der Waals surface area contributed by atoms with E-state index in [4.69, 9.17) is 4.74 Å². The second-order valence-corrected chi connectivity index (χ2v) is 6.01. The molecule has 124 valence electrons. The number of nitrogens with one attached hydrogen (secondary N) is 2. The molecule has 0 aromatic rings. The van der Waals surface area contributed by atoms with E-state index in [1.54, 1.807) is 0 Å². The largest absolute Gasteiger partial charge is 0.374 e. The van der Waals surface area contributed by atoms with E-state index in [0.29, 0.717) is 0 Å². The highest BCUT2D eigenvalue weighted by Gasteiger charge is 2.17. The molecule has 1 rings (SSSR count). The normalized spacial score (nSPS) is 22.1. The fourth-order valence-corrected chi connectivity index (χ4v) is 2.61. The lowest BCUT2D eigenvalue weighted by Crippen LogP contribution is -2.48. The van der Waals surface area contributed by atoms with Gasteiger partial charge < -0.3 is 20.3 Å². The van der Waals surface area contributed by atoms with E-state index < -0.39 is 0 Å². The van der Waals surface area contributed by atoms with Crippen molar-refractivity contribution in [3.05, 3.63) is 0 Å². The van der Waals surface area contributed by atoms with Gasteiger partial charge in [0.25, 0.3) is 0 Å². The molecule has 0 spiro atoms. The summed E-state index contributed by atoms with van der Waals surface area (Å²) in [6.07, 6.45) is 5.36. The Labute approximate surface area is 130 Å². The zero-order chi connectivity index (χ0) is 15.5. The summed E-state index contributed by atoms with van der Waals surface area (Å²) in [5, 5.41) is 6.83. The van der Waals surface area contributed by atoms with Crippen LogP contribution in [-0.2, 0) is 4.74 Å². The first-order valence-corrected chi connectivity index (χ1v) is 8.44. The van der Waals surface area contributed by atoms with Gasteiger partial charge in [0.2, 0.25) is 0 Å². The maximum absolute atomic E-state index is 5.76. The summed E-state index contributed by atoms with van der Waals surface area (Å²) in [6.45, 7) is 9.17. The van der Waals surface area contributed by atoms with Crippen LogP contribution in [0.15, 0.2) is 4.99 Å². The van der Waals surface area contributed by atoms with Crippen molar-refractivity contribution in [1.29, 1.82) is 0 Å². The van der Waals surface area contributed by atoms with Gasteiger partial charge in [-0.3, -0.25) is 4.99 Å². The first kappa shape index (κ1) is 18.2. The number of aliphatic imine (C=N–C) groups is 1. The van der Waals surface area contributed by atoms with Crippen LogP contribution in [0.1, 0.15) is 39.5 Å². The van der Waals surface area contributed by atoms with Crippen molar-refractivity contribution >= 4 is 5.96 Å². The molecule has 0 aliphatic carbocycles. The van der Waals surface area contributed by atoms with Crippen LogP contribution in [0.4, 0.5) is 0 Å². The fourth-order valence-electron chi connectivity index (χ4n) is 2.61. The summed E-state index contributed by atoms with van der Waals surface area (Å²) in [4.78, 5) is 6.61. The summed E-state index contributed by atoms with van der Waals surface area (Å²) in [5.74, 6) is 1.63. The molecular formula is C16H34N4O. The van der Waals surface area contributed by atoms with Crippen LogP contribution in [0.5, 0.6) is 0 Å². The number of hydrogen-bond acceptors (Lipinski definition) is 3. The molecule has 2 unspecified atom stereocenters. The van der Waals surface area contributed by atoms with Crippen LogP contribution in [0, 0.1) is 5.92 Å². The molecule has 2 N–H and O–H groups in total. The molecule has 0 aromatic heterocycles. The zero-order valence-electron chi connectivity index (χ0n) is 14.3. The Hall–Kier alpha value is -0.810. The van der Waals surface area contributed by atoms with Crippen molar-refractivity contribution < 1.29 is 4.74 Å². The number of ether oxygens (including phenoxy) is 1. The minimum atomic E-state index is 0.254. The standard InChI is InChI=1S/C16H34N4O/c1-5-7-8-14(6-2)11-18-16(17-3)19-12-15-13-20(4)9-10-21-15/h14-15H,5-13H2,1-4H3,(H2,17,18,19). The van der Waals surface area contributed by atoms with Crippen LogP contribution in [0.2, 0.25) is 0 Å². The number of hydrogen-bond donors (Lipinski definition) is 2. The number of rotatable bonds is 8. The molecular weight excluding hydrogens is 264 g/mol. The van der Waals surface area contributed by atoms with Gasteiger partial charge in [-0.1, -0.05) is 33.1 Å². The van der Waals surface area contributed by atoms with Gasteiger partial charge in [0.05, 0.1) is 12.7 Å². The third kappa shape index (κ3) is 7.67. The summed E-state index contributed by atoms with van der Waals surface area (Å²) in [5.41, 5.74) is 0. The van der Waals surface area contributed by atoms with Gasteiger partial charge in [0.1, 0.15) is 0 Å². The number of unbranched alkanes of at least 4 members (excludes halogenated alkanes) is 1. The van der Waals surface area contributed by atoms with Crippen LogP contribution < -0.4 is 10.6 Å². The van der Waals surface area contributed by atoms with Crippen molar-refractivity contribution in [3.63, 3.8) is 0 Å². The topological polar surface area (TPSA) is 48.9 Å². The quantitative estimate of drug-likeness (QED) is 0.529. The molecule has 1 saturated heterocycles. The Balaban J connectivity index is 2.24. The van der Waals surface area contributed by atoms with Crippen molar-refractivity contribution in [2.45, 2.75) is 45.6 Å². The van der Waals surface area contributed by atoms with E-state index in [-0.39, 0.29) is 6.10 Å². The van der Waals surface area contributed by atoms with Crippen molar-refractivity contribution in [3.8, 4) is 0 Å². The molecule has 21 heavy (non-hydrogen) atoms. The number of guanidine groups is 1. The summed E-state index contributed by atoms with van der Waals surface area (Å²) in [7, 11) is 3.97. The number of morpholine rings is 1. The minimum absolute atomic E-state index is 0.254. The van der Waals surface area contributed by atoms with Gasteiger partial charge in [-0.15, -0.1) is 0 Å². The van der Waals surface area contributed by atoms with Gasteiger partial charge in [0, 0.05) is 33.2 Å². The first-order chi connectivity index (χ1) is 10.2. The lowest BCUT2D eigenvalue weighted by molar-refractivity contribution is -0.0161. The summed E-state index contributed by atoms with van der Waals surface area (Å²) >= 11 is 0. The summed E-state index contributed by atoms with van der Waals surface area (Å²) in [6, 6.07) is 0. The first-order valence-electron chi connectivity index (χ1n) is 8.44. The van der Waals surface area contributed by atoms with Gasteiger partial charge in [0.15, 0.2) is 5.96 Å². The molecule has 1 aliphatic rings. The number of likely N-dealkylation sites (N-methyl/N-ethyl adjacent to an activating group) is 1. The van der Waals surface area contributed by atoms with Gasteiger partial charge >= 0.3 is 0 Å². The van der Waals surface area contributed by atoms with Gasteiger partial charge in [-0.2, -0.15) is 0 Å². The van der Waals surface area contributed by atoms with E-state index in [0.717, 1.165) is 44.7 Å². The second-order valence-electron chi connectivity index (χ2n) is 6.01. The maximum Gasteiger partial charge on any atom is 0.191 e. The van der Waals surface area contributed by atoms with Crippen molar-refractivity contribution in [1.82, 2.24) is 15.5 Å². The average molecular weight is 298 g/mol. The van der Waals surface area contributed by atoms with E-state index in [1.165, 1.54) is 25.7 Å². The molecule has 0 aromatic carbocycles. The molecule has 1 fully saturated rings. The molecule has 0 saturated carbocycles. The Morgan fingerprint density at radius 3 is 2.81 bits per heavy atom. The highest BCUT2D eigenvalue weighted by atomic mass is 16.5. The Morgan fingerprint density at radius 1 is 1.38 bits per heavy atom. The lowest BCUT2D eigenvalue weighted by Gasteiger charge is -2.30. The predicted molar refractivity (Wildman–Crippen MR) is 89.9 cm³/mol. The molecule has 0 bridgehead atoms. The molecule has 5 nitrogen and oxygen atoms in total. The molecule has 1 heterocycles. The molecule has 0 amide bonds. The molecule has 2 atom stereocenters. The second kappa shape index (κ2) is 10.9. The lowest BCUT2D eigenvalue weighted by atomic mass is 9.99. The van der Waals surface area contributed by atoms with E-state index in [1.807, 2.05) is 7.05 Å². The Bertz CT molecular complexity index is 296. The Kier molecular flexibility index (Phi) is 9.42. The Morgan fingerprint density at radius 2 is 2.19 bits per heavy atom. The van der Waals surface area contributed by atoms with E-state index in [2.05, 4.69) is 41.4 Å². The molecule has 5 heteroatoms. The highest BCUT2D eigenvalue weighted by molar-refractivity contribution is 5.79. The van der Waals surface area contributed by atoms with Crippen LogP contribution in [0.3, 0.4) is 0 Å². The predicted octanol–water partition coefficient (Wildman–Crippen LogP) is 1.70. The SMILES string of the molecule is CCCCC(CC)CNC(=NC)NCC1CN(C)CCO1.